The van der Waals surface area contributed by atoms with Gasteiger partial charge < -0.3 is 5.73 Å². The van der Waals surface area contributed by atoms with E-state index in [0.29, 0.717) is 0 Å². The van der Waals surface area contributed by atoms with Crippen molar-refractivity contribution in [3.05, 3.63) is 48.8 Å². The molecule has 5 nitrogen and oxygen atoms in total. The van der Waals surface area contributed by atoms with Crippen molar-refractivity contribution in [3.8, 4) is 0 Å². The van der Waals surface area contributed by atoms with E-state index in [1.54, 1.807) is 11.3 Å². The van der Waals surface area contributed by atoms with Crippen molar-refractivity contribution in [2.45, 2.75) is 25.3 Å². The van der Waals surface area contributed by atoms with Crippen LogP contribution < -0.4 is 17.0 Å². The van der Waals surface area contributed by atoms with Crippen LogP contribution in [-0.4, -0.2) is 9.55 Å². The van der Waals surface area contributed by atoms with E-state index in [1.807, 2.05) is 11.4 Å². The zero-order chi connectivity index (χ0) is 12.7. The number of nitrogens with zero attached hydrogens (tertiary/aromatic N) is 1. The summed E-state index contributed by atoms with van der Waals surface area (Å²) in [5.74, 6) is 0.229. The fraction of sp³-hybridized carbons (Fsp3) is 0.333. The molecule has 1 atom stereocenters. The summed E-state index contributed by atoms with van der Waals surface area (Å²) in [5.41, 5.74) is 6.11. The molecule has 18 heavy (non-hydrogen) atoms. The number of nitrogens with two attached hydrogens (primary N) is 1. The Hall–Kier alpha value is -1.82. The van der Waals surface area contributed by atoms with Crippen molar-refractivity contribution in [2.24, 2.45) is 0 Å². The molecule has 1 unspecified atom stereocenters. The first-order valence-corrected chi connectivity index (χ1v) is 6.72. The van der Waals surface area contributed by atoms with E-state index in [1.165, 1.54) is 15.5 Å². The van der Waals surface area contributed by atoms with Gasteiger partial charge in [0.15, 0.2) is 0 Å². The first-order valence-electron chi connectivity index (χ1n) is 5.84. The molecule has 2 aromatic heterocycles. The third-order valence-electron chi connectivity index (χ3n) is 3.34. The van der Waals surface area contributed by atoms with Crippen LogP contribution in [0.5, 0.6) is 0 Å². The van der Waals surface area contributed by atoms with E-state index in [9.17, 15) is 9.59 Å². The Morgan fingerprint density at radius 3 is 3.06 bits per heavy atom. The van der Waals surface area contributed by atoms with Gasteiger partial charge in [-0.3, -0.25) is 14.3 Å². The molecule has 0 bridgehead atoms. The summed E-state index contributed by atoms with van der Waals surface area (Å²) in [5, 5.41) is 2.04. The van der Waals surface area contributed by atoms with Gasteiger partial charge in [0.2, 0.25) is 0 Å². The molecule has 1 aliphatic rings. The van der Waals surface area contributed by atoms with Crippen LogP contribution in [0.25, 0.3) is 0 Å². The van der Waals surface area contributed by atoms with Crippen molar-refractivity contribution in [1.82, 2.24) is 9.55 Å². The molecule has 94 valence electrons. The molecule has 0 spiro atoms. The molecule has 6 heteroatoms. The highest BCUT2D eigenvalue weighted by Crippen LogP contribution is 2.35. The van der Waals surface area contributed by atoms with Gasteiger partial charge >= 0.3 is 5.69 Å². The average molecular weight is 263 g/mol. The summed E-state index contributed by atoms with van der Waals surface area (Å²) >= 11 is 1.71. The largest absolute Gasteiger partial charge is 0.385 e. The molecule has 1 aliphatic carbocycles. The Labute approximate surface area is 107 Å². The van der Waals surface area contributed by atoms with Crippen molar-refractivity contribution < 1.29 is 0 Å². The number of aromatic nitrogens is 2. The molecule has 2 heterocycles. The van der Waals surface area contributed by atoms with E-state index in [2.05, 4.69) is 4.98 Å². The standard InChI is InChI=1S/C12H13N3O2S/c13-10-6-11(16)14-12(17)15(10)8-2-1-3-9-7(8)4-5-18-9/h4-6,8H,1-3,13H2,(H,14,16,17). The van der Waals surface area contributed by atoms with Crippen LogP contribution in [0.4, 0.5) is 5.82 Å². The fourth-order valence-electron chi connectivity index (χ4n) is 2.57. The second-order valence-electron chi connectivity index (χ2n) is 4.44. The highest BCUT2D eigenvalue weighted by Gasteiger charge is 2.24. The number of aromatic amines is 1. The van der Waals surface area contributed by atoms with Crippen molar-refractivity contribution >= 4 is 17.2 Å². The third kappa shape index (κ3) is 1.69. The lowest BCUT2D eigenvalue weighted by Crippen LogP contribution is -2.35. The van der Waals surface area contributed by atoms with Crippen LogP contribution >= 0.6 is 11.3 Å². The molecular weight excluding hydrogens is 250 g/mol. The lowest BCUT2D eigenvalue weighted by molar-refractivity contribution is 0.480. The highest BCUT2D eigenvalue weighted by atomic mass is 32.1. The monoisotopic (exact) mass is 263 g/mol. The minimum Gasteiger partial charge on any atom is -0.385 e. The highest BCUT2D eigenvalue weighted by molar-refractivity contribution is 7.10. The molecule has 0 aromatic carbocycles. The number of hydrogen-bond donors (Lipinski definition) is 2. The van der Waals surface area contributed by atoms with E-state index in [4.69, 9.17) is 5.73 Å². The number of nitrogens with one attached hydrogen (secondary N) is 1. The average Bonchev–Trinajstić information content (AvgIpc) is 2.76. The second kappa shape index (κ2) is 4.13. The van der Waals surface area contributed by atoms with E-state index in [0.717, 1.165) is 24.8 Å². The zero-order valence-corrected chi connectivity index (χ0v) is 10.5. The number of thiophene rings is 1. The lowest BCUT2D eigenvalue weighted by atomic mass is 9.94. The molecule has 2 aromatic rings. The summed E-state index contributed by atoms with van der Waals surface area (Å²) < 4.78 is 1.49. The number of fused-ring (bicyclic) bond motifs is 1. The van der Waals surface area contributed by atoms with Gasteiger partial charge in [-0.15, -0.1) is 11.3 Å². The van der Waals surface area contributed by atoms with Gasteiger partial charge in [-0.2, -0.15) is 0 Å². The summed E-state index contributed by atoms with van der Waals surface area (Å²) in [6, 6.07) is 3.26. The van der Waals surface area contributed by atoms with Gasteiger partial charge in [0.1, 0.15) is 5.82 Å². The Morgan fingerprint density at radius 1 is 1.44 bits per heavy atom. The minimum atomic E-state index is -0.449. The Morgan fingerprint density at radius 2 is 2.28 bits per heavy atom. The summed E-state index contributed by atoms with van der Waals surface area (Å²) in [6.45, 7) is 0. The lowest BCUT2D eigenvalue weighted by Gasteiger charge is -2.25. The van der Waals surface area contributed by atoms with Gasteiger partial charge in [0.25, 0.3) is 5.56 Å². The van der Waals surface area contributed by atoms with Gasteiger partial charge in [0.05, 0.1) is 6.04 Å². The predicted octanol–water partition coefficient (Wildman–Crippen LogP) is 1.11. The number of hydrogen-bond acceptors (Lipinski definition) is 4. The smallest absolute Gasteiger partial charge is 0.330 e. The van der Waals surface area contributed by atoms with Crippen molar-refractivity contribution in [1.29, 1.82) is 0 Å². The Balaban J connectivity index is 2.19. The Kier molecular flexibility index (Phi) is 2.59. The van der Waals surface area contributed by atoms with E-state index < -0.39 is 11.2 Å². The quantitative estimate of drug-likeness (QED) is 0.808. The van der Waals surface area contributed by atoms with E-state index in [-0.39, 0.29) is 11.9 Å². The van der Waals surface area contributed by atoms with Crippen LogP contribution in [0.15, 0.2) is 27.1 Å². The maximum absolute atomic E-state index is 11.9. The predicted molar refractivity (Wildman–Crippen MR) is 71.1 cm³/mol. The topological polar surface area (TPSA) is 80.9 Å². The fourth-order valence-corrected chi connectivity index (χ4v) is 3.56. The number of rotatable bonds is 1. The maximum Gasteiger partial charge on any atom is 0.330 e. The number of anilines is 1. The molecule has 0 radical (unpaired) electrons. The SMILES string of the molecule is Nc1cc(=O)[nH]c(=O)n1C1CCCc2sccc21. The van der Waals surface area contributed by atoms with Crippen molar-refractivity contribution in [3.63, 3.8) is 0 Å². The third-order valence-corrected chi connectivity index (χ3v) is 4.33. The summed E-state index contributed by atoms with van der Waals surface area (Å²) in [4.78, 5) is 26.7. The summed E-state index contributed by atoms with van der Waals surface area (Å²) in [7, 11) is 0. The van der Waals surface area contributed by atoms with Gasteiger partial charge in [0, 0.05) is 10.9 Å². The van der Waals surface area contributed by atoms with Gasteiger partial charge in [-0.1, -0.05) is 0 Å². The molecular formula is C12H13N3O2S. The molecule has 3 rings (SSSR count). The second-order valence-corrected chi connectivity index (χ2v) is 5.44. The molecule has 0 fully saturated rings. The van der Waals surface area contributed by atoms with Crippen LogP contribution in [0.1, 0.15) is 29.3 Å². The van der Waals surface area contributed by atoms with Crippen LogP contribution in [0.3, 0.4) is 0 Å². The number of H-pyrrole nitrogens is 1. The zero-order valence-electron chi connectivity index (χ0n) is 9.68. The van der Waals surface area contributed by atoms with Crippen LogP contribution in [0, 0.1) is 0 Å². The van der Waals surface area contributed by atoms with Crippen LogP contribution in [0.2, 0.25) is 0 Å². The minimum absolute atomic E-state index is 0.0515. The van der Waals surface area contributed by atoms with Gasteiger partial charge in [-0.25, -0.2) is 4.79 Å². The van der Waals surface area contributed by atoms with E-state index >= 15 is 0 Å². The van der Waals surface area contributed by atoms with Crippen molar-refractivity contribution in [2.75, 3.05) is 5.73 Å². The first-order chi connectivity index (χ1) is 8.66. The maximum atomic E-state index is 11.9. The Bertz CT molecular complexity index is 698. The van der Waals surface area contributed by atoms with Gasteiger partial charge in [-0.05, 0) is 36.3 Å². The first kappa shape index (κ1) is 11.3. The van der Waals surface area contributed by atoms with Crippen LogP contribution in [-0.2, 0) is 6.42 Å². The normalized spacial score (nSPS) is 18.6. The molecule has 0 aliphatic heterocycles. The molecule has 3 N–H and O–H groups in total. The number of nitrogen functional groups attached to an aromatic ring is 1. The number of aryl methyl sites for hydroxylation is 1. The molecule has 0 saturated heterocycles. The summed E-state index contributed by atoms with van der Waals surface area (Å²) in [6.07, 6.45) is 2.96. The molecule has 0 saturated carbocycles. The molecule has 0 amide bonds.